The maximum atomic E-state index is 11.5. The Balaban J connectivity index is 2.52. The van der Waals surface area contributed by atoms with Gasteiger partial charge in [0, 0.05) is 19.1 Å². The average molecular weight is 256 g/mol. The molecule has 0 aromatic carbocycles. The molecule has 4 nitrogen and oxygen atoms in total. The molecule has 0 saturated carbocycles. The largest absolute Gasteiger partial charge is 0.450 e. The van der Waals surface area contributed by atoms with Crippen LogP contribution < -0.4 is 5.32 Å². The molecule has 2 unspecified atom stereocenters. The minimum Gasteiger partial charge on any atom is -0.450 e. The fraction of sp³-hybridized carbons (Fsp3) is 0.929. The number of piperidine rings is 1. The summed E-state index contributed by atoms with van der Waals surface area (Å²) in [6.45, 7) is 12.2. The molecule has 4 heteroatoms. The molecule has 1 aliphatic heterocycles. The maximum Gasteiger partial charge on any atom is 0.407 e. The van der Waals surface area contributed by atoms with Crippen LogP contribution >= 0.6 is 0 Å². The Labute approximate surface area is 111 Å². The lowest BCUT2D eigenvalue weighted by molar-refractivity contribution is 0.102. The molecule has 106 valence electrons. The summed E-state index contributed by atoms with van der Waals surface area (Å²) in [5, 5.41) is 2.99. The first-order valence-corrected chi connectivity index (χ1v) is 7.22. The predicted molar refractivity (Wildman–Crippen MR) is 73.6 cm³/mol. The van der Waals surface area contributed by atoms with Crippen molar-refractivity contribution in [3.05, 3.63) is 0 Å². The molecule has 0 spiro atoms. The second-order valence-electron chi connectivity index (χ2n) is 5.56. The normalized spacial score (nSPS) is 25.2. The van der Waals surface area contributed by atoms with Crippen LogP contribution in [-0.2, 0) is 4.74 Å². The molecule has 1 rings (SSSR count). The van der Waals surface area contributed by atoms with Crippen molar-refractivity contribution < 1.29 is 9.53 Å². The van der Waals surface area contributed by atoms with Gasteiger partial charge in [-0.3, -0.25) is 0 Å². The zero-order chi connectivity index (χ0) is 13.5. The predicted octanol–water partition coefficient (Wildman–Crippen LogP) is 2.49. The highest BCUT2D eigenvalue weighted by Crippen LogP contribution is 2.24. The third kappa shape index (κ3) is 4.84. The van der Waals surface area contributed by atoms with Gasteiger partial charge in [-0.25, -0.2) is 4.79 Å². The van der Waals surface area contributed by atoms with Crippen molar-refractivity contribution in [3.8, 4) is 0 Å². The van der Waals surface area contributed by atoms with Crippen LogP contribution in [0.3, 0.4) is 0 Å². The summed E-state index contributed by atoms with van der Waals surface area (Å²) in [5.74, 6) is 1.33. The van der Waals surface area contributed by atoms with Gasteiger partial charge in [0.25, 0.3) is 0 Å². The molecule has 0 radical (unpaired) electrons. The van der Waals surface area contributed by atoms with Crippen molar-refractivity contribution >= 4 is 6.09 Å². The highest BCUT2D eigenvalue weighted by atomic mass is 16.5. The van der Waals surface area contributed by atoms with E-state index in [2.05, 4.69) is 31.0 Å². The Kier molecular flexibility index (Phi) is 6.47. The van der Waals surface area contributed by atoms with Gasteiger partial charge in [-0.1, -0.05) is 20.8 Å². The molecule has 0 aromatic heterocycles. The van der Waals surface area contributed by atoms with Crippen molar-refractivity contribution in [2.45, 2.75) is 46.6 Å². The van der Waals surface area contributed by atoms with E-state index in [1.807, 2.05) is 6.92 Å². The molecule has 1 N–H and O–H groups in total. The molecular weight excluding hydrogens is 228 g/mol. The van der Waals surface area contributed by atoms with Gasteiger partial charge in [0.15, 0.2) is 0 Å². The van der Waals surface area contributed by atoms with Crippen molar-refractivity contribution in [3.63, 3.8) is 0 Å². The molecule has 2 atom stereocenters. The van der Waals surface area contributed by atoms with Crippen LogP contribution in [0.1, 0.15) is 40.5 Å². The van der Waals surface area contributed by atoms with Crippen LogP contribution in [0.25, 0.3) is 0 Å². The minimum absolute atomic E-state index is 0.233. The first kappa shape index (κ1) is 15.3. The number of amides is 1. The lowest BCUT2D eigenvalue weighted by Gasteiger charge is -2.39. The summed E-state index contributed by atoms with van der Waals surface area (Å²) in [6.07, 6.45) is 1.96. The van der Waals surface area contributed by atoms with E-state index in [4.69, 9.17) is 4.74 Å². The van der Waals surface area contributed by atoms with Crippen LogP contribution in [0.4, 0.5) is 4.79 Å². The molecule has 18 heavy (non-hydrogen) atoms. The van der Waals surface area contributed by atoms with Crippen molar-refractivity contribution in [2.75, 3.05) is 26.2 Å². The second-order valence-corrected chi connectivity index (χ2v) is 5.56. The molecule has 1 amide bonds. The van der Waals surface area contributed by atoms with Gasteiger partial charge >= 0.3 is 6.09 Å². The quantitative estimate of drug-likeness (QED) is 0.821. The summed E-state index contributed by atoms with van der Waals surface area (Å²) in [5.41, 5.74) is 0. The summed E-state index contributed by atoms with van der Waals surface area (Å²) in [7, 11) is 0. The summed E-state index contributed by atoms with van der Waals surface area (Å²) in [6, 6.07) is 0.233. The van der Waals surface area contributed by atoms with Crippen molar-refractivity contribution in [2.24, 2.45) is 11.8 Å². The molecular formula is C14H28N2O2. The van der Waals surface area contributed by atoms with Gasteiger partial charge in [-0.05, 0) is 38.1 Å². The fourth-order valence-corrected chi connectivity index (χ4v) is 2.66. The van der Waals surface area contributed by atoms with E-state index >= 15 is 0 Å². The fourth-order valence-electron chi connectivity index (χ4n) is 2.66. The topological polar surface area (TPSA) is 41.6 Å². The van der Waals surface area contributed by atoms with Crippen LogP contribution in [0.2, 0.25) is 0 Å². The van der Waals surface area contributed by atoms with E-state index in [-0.39, 0.29) is 12.1 Å². The Morgan fingerprint density at radius 2 is 2.11 bits per heavy atom. The van der Waals surface area contributed by atoms with Crippen molar-refractivity contribution in [1.29, 1.82) is 0 Å². The number of rotatable bonds is 5. The number of likely N-dealkylation sites (tertiary alicyclic amines) is 1. The Morgan fingerprint density at radius 3 is 2.67 bits per heavy atom. The zero-order valence-electron chi connectivity index (χ0n) is 12.2. The van der Waals surface area contributed by atoms with Gasteiger partial charge in [0.1, 0.15) is 0 Å². The smallest absolute Gasteiger partial charge is 0.407 e. The SMILES string of the molecule is CCCN1CC(NC(=O)OCC)CC(C(C)C)C1. The van der Waals surface area contributed by atoms with Gasteiger partial charge in [0.05, 0.1) is 6.61 Å². The Hall–Kier alpha value is -0.770. The van der Waals surface area contributed by atoms with Gasteiger partial charge < -0.3 is 15.0 Å². The lowest BCUT2D eigenvalue weighted by Crippen LogP contribution is -2.52. The first-order valence-electron chi connectivity index (χ1n) is 7.22. The third-order valence-corrected chi connectivity index (χ3v) is 3.64. The number of carbonyl (C=O) groups excluding carboxylic acids is 1. The first-order chi connectivity index (χ1) is 8.56. The molecule has 0 aliphatic carbocycles. The summed E-state index contributed by atoms with van der Waals surface area (Å²) in [4.78, 5) is 14.0. The Morgan fingerprint density at radius 1 is 1.39 bits per heavy atom. The van der Waals surface area contributed by atoms with Crippen LogP contribution in [0.5, 0.6) is 0 Å². The zero-order valence-corrected chi connectivity index (χ0v) is 12.2. The van der Waals surface area contributed by atoms with Crippen molar-refractivity contribution in [1.82, 2.24) is 10.2 Å². The van der Waals surface area contributed by atoms with E-state index in [0.29, 0.717) is 18.4 Å². The monoisotopic (exact) mass is 256 g/mol. The van der Waals surface area contributed by atoms with Gasteiger partial charge in [0.2, 0.25) is 0 Å². The third-order valence-electron chi connectivity index (χ3n) is 3.64. The van der Waals surface area contributed by atoms with E-state index in [9.17, 15) is 4.79 Å². The number of nitrogens with one attached hydrogen (secondary N) is 1. The number of alkyl carbamates (subject to hydrolysis) is 1. The Bertz CT molecular complexity index is 256. The van der Waals surface area contributed by atoms with E-state index in [1.165, 1.54) is 0 Å². The number of nitrogens with zero attached hydrogens (tertiary/aromatic N) is 1. The number of carbonyl (C=O) groups is 1. The molecule has 0 aromatic rings. The second kappa shape index (κ2) is 7.62. The molecule has 1 heterocycles. The highest BCUT2D eigenvalue weighted by molar-refractivity contribution is 5.67. The lowest BCUT2D eigenvalue weighted by atomic mass is 9.85. The van der Waals surface area contributed by atoms with E-state index < -0.39 is 0 Å². The van der Waals surface area contributed by atoms with Crippen LogP contribution in [0.15, 0.2) is 0 Å². The van der Waals surface area contributed by atoms with Crippen LogP contribution in [0, 0.1) is 11.8 Å². The van der Waals surface area contributed by atoms with E-state index in [1.54, 1.807) is 0 Å². The minimum atomic E-state index is -0.275. The number of hydrogen-bond acceptors (Lipinski definition) is 3. The molecule has 1 aliphatic rings. The van der Waals surface area contributed by atoms with Crippen LogP contribution in [-0.4, -0.2) is 43.3 Å². The van der Waals surface area contributed by atoms with Gasteiger partial charge in [-0.2, -0.15) is 0 Å². The average Bonchev–Trinajstić information content (AvgIpc) is 2.29. The number of hydrogen-bond donors (Lipinski definition) is 1. The molecule has 0 bridgehead atoms. The maximum absolute atomic E-state index is 11.5. The highest BCUT2D eigenvalue weighted by Gasteiger charge is 2.29. The molecule has 1 fully saturated rings. The standard InChI is InChI=1S/C14H28N2O2/c1-5-7-16-9-12(11(3)4)8-13(10-16)15-14(17)18-6-2/h11-13H,5-10H2,1-4H3,(H,15,17). The number of ether oxygens (including phenoxy) is 1. The summed E-state index contributed by atoms with van der Waals surface area (Å²) >= 11 is 0. The molecule has 1 saturated heterocycles. The van der Waals surface area contributed by atoms with E-state index in [0.717, 1.165) is 32.5 Å². The summed E-state index contributed by atoms with van der Waals surface area (Å²) < 4.78 is 4.97. The van der Waals surface area contributed by atoms with Gasteiger partial charge in [-0.15, -0.1) is 0 Å².